The Morgan fingerprint density at radius 3 is 2.88 bits per heavy atom. The molecule has 1 N–H and O–H groups in total. The fourth-order valence-electron chi connectivity index (χ4n) is 1.30. The molecular weight excluding hydrogens is 413 g/mol. The van der Waals surface area contributed by atoms with Crippen LogP contribution in [-0.2, 0) is 0 Å². The summed E-state index contributed by atoms with van der Waals surface area (Å²) >= 11 is 7.43. The van der Waals surface area contributed by atoms with Crippen molar-refractivity contribution in [2.24, 2.45) is 0 Å². The van der Waals surface area contributed by atoms with E-state index in [2.05, 4.69) is 73.1 Å². The van der Waals surface area contributed by atoms with Gasteiger partial charge in [0.1, 0.15) is 10.0 Å². The van der Waals surface area contributed by atoms with Gasteiger partial charge >= 0.3 is 0 Å². The lowest BCUT2D eigenvalue weighted by atomic mass is 10.2. The van der Waals surface area contributed by atoms with Crippen LogP contribution in [0, 0.1) is 3.57 Å². The van der Waals surface area contributed by atoms with E-state index in [4.69, 9.17) is 0 Å². The molecule has 0 aliphatic rings. The lowest BCUT2D eigenvalue weighted by Crippen LogP contribution is -2.11. The van der Waals surface area contributed by atoms with Crippen LogP contribution >= 0.6 is 49.9 Å². The number of aromatic nitrogens is 2. The van der Waals surface area contributed by atoms with Crippen LogP contribution < -0.4 is 5.32 Å². The fourth-order valence-corrected chi connectivity index (χ4v) is 3.37. The molecule has 2 rings (SSSR count). The van der Waals surface area contributed by atoms with Crippen molar-refractivity contribution in [1.29, 1.82) is 0 Å². The first-order valence-corrected chi connectivity index (χ1v) is 7.76. The minimum atomic E-state index is 0.242. The molecule has 0 aliphatic carbocycles. The van der Waals surface area contributed by atoms with Crippen LogP contribution in [0.5, 0.6) is 0 Å². The zero-order valence-electron chi connectivity index (χ0n) is 9.37. The van der Waals surface area contributed by atoms with Crippen LogP contribution in [0.1, 0.15) is 18.0 Å². The highest BCUT2D eigenvalue weighted by atomic mass is 127. The number of nitrogens with zero attached hydrogens (tertiary/aromatic N) is 2. The van der Waals surface area contributed by atoms with Crippen molar-refractivity contribution in [1.82, 2.24) is 15.5 Å². The maximum Gasteiger partial charge on any atom is 0.148 e. The van der Waals surface area contributed by atoms with Crippen LogP contribution in [0.25, 0.3) is 10.6 Å². The third kappa shape index (κ3) is 3.04. The molecule has 90 valence electrons. The van der Waals surface area contributed by atoms with E-state index in [0.717, 1.165) is 20.1 Å². The molecule has 17 heavy (non-hydrogen) atoms. The van der Waals surface area contributed by atoms with Crippen molar-refractivity contribution in [3.63, 3.8) is 0 Å². The summed E-state index contributed by atoms with van der Waals surface area (Å²) in [6.45, 7) is 2.08. The molecule has 1 aromatic heterocycles. The molecular formula is C11H11BrIN3S. The maximum atomic E-state index is 4.26. The van der Waals surface area contributed by atoms with Crippen molar-refractivity contribution in [3.8, 4) is 10.6 Å². The zero-order valence-corrected chi connectivity index (χ0v) is 13.9. The zero-order chi connectivity index (χ0) is 12.4. The van der Waals surface area contributed by atoms with Crippen LogP contribution in [0.2, 0.25) is 0 Å². The van der Waals surface area contributed by atoms with Gasteiger partial charge in [-0.15, -0.1) is 10.2 Å². The second-order valence-corrected chi connectivity index (χ2v) is 6.67. The van der Waals surface area contributed by atoms with E-state index >= 15 is 0 Å². The van der Waals surface area contributed by atoms with E-state index in [9.17, 15) is 0 Å². The molecule has 0 fully saturated rings. The van der Waals surface area contributed by atoms with Gasteiger partial charge in [-0.3, -0.25) is 0 Å². The molecule has 0 aliphatic heterocycles. The van der Waals surface area contributed by atoms with E-state index in [1.807, 2.05) is 13.1 Å². The largest absolute Gasteiger partial charge is 0.311 e. The molecule has 0 radical (unpaired) electrons. The van der Waals surface area contributed by atoms with Gasteiger partial charge < -0.3 is 5.32 Å². The number of rotatable bonds is 3. The van der Waals surface area contributed by atoms with Crippen LogP contribution in [-0.4, -0.2) is 17.2 Å². The molecule has 1 unspecified atom stereocenters. The maximum absolute atomic E-state index is 4.26. The first kappa shape index (κ1) is 13.4. The average molecular weight is 424 g/mol. The predicted molar refractivity (Wildman–Crippen MR) is 83.2 cm³/mol. The molecule has 6 heteroatoms. The van der Waals surface area contributed by atoms with Gasteiger partial charge in [0.15, 0.2) is 0 Å². The molecule has 2 aromatic rings. The highest BCUT2D eigenvalue weighted by Crippen LogP contribution is 2.31. The summed E-state index contributed by atoms with van der Waals surface area (Å²) in [5.74, 6) is 0. The Hall–Kier alpha value is -0.0500. The first-order valence-electron chi connectivity index (χ1n) is 5.08. The number of halogens is 2. The van der Waals surface area contributed by atoms with Gasteiger partial charge in [0, 0.05) is 13.6 Å². The smallest absolute Gasteiger partial charge is 0.148 e. The first-order chi connectivity index (χ1) is 8.11. The summed E-state index contributed by atoms with van der Waals surface area (Å²) in [5, 5.41) is 13.6. The molecule has 1 heterocycles. The van der Waals surface area contributed by atoms with E-state index < -0.39 is 0 Å². The summed E-state index contributed by atoms with van der Waals surface area (Å²) in [5.41, 5.74) is 1.13. The number of hydrogen-bond donors (Lipinski definition) is 1. The van der Waals surface area contributed by atoms with Gasteiger partial charge in [-0.25, -0.2) is 0 Å². The second-order valence-electron chi connectivity index (χ2n) is 3.58. The van der Waals surface area contributed by atoms with Crippen LogP contribution in [0.3, 0.4) is 0 Å². The van der Waals surface area contributed by atoms with Crippen LogP contribution in [0.15, 0.2) is 22.7 Å². The van der Waals surface area contributed by atoms with Crippen LogP contribution in [0.4, 0.5) is 0 Å². The Balaban J connectivity index is 2.40. The van der Waals surface area contributed by atoms with Crippen molar-refractivity contribution >= 4 is 49.9 Å². The summed E-state index contributed by atoms with van der Waals surface area (Å²) in [4.78, 5) is 0. The topological polar surface area (TPSA) is 37.8 Å². The van der Waals surface area contributed by atoms with Crippen molar-refractivity contribution < 1.29 is 0 Å². The predicted octanol–water partition coefficient (Wildman–Crippen LogP) is 3.85. The molecule has 1 atom stereocenters. The third-order valence-corrected chi connectivity index (χ3v) is 4.98. The summed E-state index contributed by atoms with van der Waals surface area (Å²) in [6.07, 6.45) is 0. The number of nitrogens with one attached hydrogen (secondary N) is 1. The standard InChI is InChI=1S/C11H11BrIN3S/c1-6(14-2)10-15-16-11(17-10)8-5-7(12)3-4-9(8)13/h3-6,14H,1-2H3. The molecule has 0 saturated carbocycles. The van der Waals surface area contributed by atoms with Gasteiger partial charge in [0.25, 0.3) is 0 Å². The van der Waals surface area contributed by atoms with E-state index in [1.165, 1.54) is 3.57 Å². The van der Waals surface area contributed by atoms with E-state index in [0.29, 0.717) is 0 Å². The number of benzene rings is 1. The monoisotopic (exact) mass is 423 g/mol. The Bertz CT molecular complexity index is 529. The SMILES string of the molecule is CNC(C)c1nnc(-c2cc(Br)ccc2I)s1. The van der Waals surface area contributed by atoms with Gasteiger partial charge in [-0.05, 0) is 54.8 Å². The average Bonchev–Trinajstić information content (AvgIpc) is 2.80. The summed E-state index contributed by atoms with van der Waals surface area (Å²) in [6, 6.07) is 6.42. The Labute approximate surface area is 126 Å². The lowest BCUT2D eigenvalue weighted by Gasteiger charge is -2.03. The molecule has 0 saturated heterocycles. The molecule has 0 amide bonds. The van der Waals surface area contributed by atoms with E-state index in [1.54, 1.807) is 11.3 Å². The molecule has 0 spiro atoms. The van der Waals surface area contributed by atoms with Crippen molar-refractivity contribution in [2.45, 2.75) is 13.0 Å². The molecule has 0 bridgehead atoms. The lowest BCUT2D eigenvalue weighted by molar-refractivity contribution is 0.640. The Morgan fingerprint density at radius 1 is 1.41 bits per heavy atom. The fraction of sp³-hybridized carbons (Fsp3) is 0.273. The summed E-state index contributed by atoms with van der Waals surface area (Å²) < 4.78 is 2.25. The van der Waals surface area contributed by atoms with Gasteiger partial charge in [0.05, 0.1) is 6.04 Å². The second kappa shape index (κ2) is 5.73. The summed E-state index contributed by atoms with van der Waals surface area (Å²) in [7, 11) is 1.93. The van der Waals surface area contributed by atoms with Gasteiger partial charge in [-0.1, -0.05) is 27.3 Å². The number of hydrogen-bond acceptors (Lipinski definition) is 4. The Kier molecular flexibility index (Phi) is 4.51. The highest BCUT2D eigenvalue weighted by molar-refractivity contribution is 14.1. The minimum Gasteiger partial charge on any atom is -0.311 e. The van der Waals surface area contributed by atoms with Gasteiger partial charge in [0.2, 0.25) is 0 Å². The van der Waals surface area contributed by atoms with Gasteiger partial charge in [-0.2, -0.15) is 0 Å². The Morgan fingerprint density at radius 2 is 2.18 bits per heavy atom. The molecule has 1 aromatic carbocycles. The quantitative estimate of drug-likeness (QED) is 0.762. The minimum absolute atomic E-state index is 0.242. The van der Waals surface area contributed by atoms with Crippen molar-refractivity contribution in [2.75, 3.05) is 7.05 Å². The van der Waals surface area contributed by atoms with E-state index in [-0.39, 0.29) is 6.04 Å². The third-order valence-electron chi connectivity index (χ3n) is 2.40. The normalized spacial score (nSPS) is 12.7. The highest BCUT2D eigenvalue weighted by Gasteiger charge is 2.13. The van der Waals surface area contributed by atoms with Crippen molar-refractivity contribution in [3.05, 3.63) is 31.2 Å². The molecule has 3 nitrogen and oxygen atoms in total.